The van der Waals surface area contributed by atoms with Crippen LogP contribution in [0.4, 0.5) is 0 Å². The third kappa shape index (κ3) is 2.60. The Labute approximate surface area is 131 Å². The van der Waals surface area contributed by atoms with Crippen LogP contribution in [0.15, 0.2) is 16.3 Å². The number of allylic oxidation sites excluding steroid dienone is 1. The lowest BCUT2D eigenvalue weighted by molar-refractivity contribution is -0.00000383. The Morgan fingerprint density at radius 1 is 1.06 bits per heavy atom. The molecule has 4 heteroatoms. The normalized spacial score (nSPS) is 25.9. The Morgan fingerprint density at radius 2 is 1.78 bits per heavy atom. The van der Waals surface area contributed by atoms with Crippen LogP contribution >= 0.6 is 11.8 Å². The summed E-state index contributed by atoms with van der Waals surface area (Å²) >= 11 is 1.77. The highest BCUT2D eigenvalue weighted by Crippen LogP contribution is 2.45. The van der Waals surface area contributed by atoms with Crippen LogP contribution in [0.2, 0.25) is 0 Å². The average molecular weight is 377 g/mol. The molecule has 1 saturated carbocycles. The summed E-state index contributed by atoms with van der Waals surface area (Å²) in [7, 11) is 0. The molecular formula is C14H22IN2S-. The molecule has 0 radical (unpaired) electrons. The van der Waals surface area contributed by atoms with Crippen molar-refractivity contribution in [2.24, 2.45) is 4.99 Å². The van der Waals surface area contributed by atoms with Crippen molar-refractivity contribution >= 4 is 16.9 Å². The van der Waals surface area contributed by atoms with Gasteiger partial charge in [0.1, 0.15) is 0 Å². The lowest BCUT2D eigenvalue weighted by atomic mass is 9.72. The van der Waals surface area contributed by atoms with Crippen LogP contribution in [0, 0.1) is 0 Å². The summed E-state index contributed by atoms with van der Waals surface area (Å²) in [4.78, 5) is 5.09. The Morgan fingerprint density at radius 3 is 2.50 bits per heavy atom. The molecule has 1 heterocycles. The first-order valence-corrected chi connectivity index (χ1v) is 8.20. The van der Waals surface area contributed by atoms with E-state index in [-0.39, 0.29) is 29.5 Å². The summed E-state index contributed by atoms with van der Waals surface area (Å²) in [5, 5.41) is 4.73. The maximum Gasteiger partial charge on any atom is 0.161 e. The molecule has 1 aliphatic heterocycles. The smallest absolute Gasteiger partial charge is 0.161 e. The second-order valence-corrected chi connectivity index (χ2v) is 6.30. The minimum atomic E-state index is 0. The number of fused-ring (bicyclic) bond motifs is 1. The predicted octanol–water partition coefficient (Wildman–Crippen LogP) is 0.844. The summed E-state index contributed by atoms with van der Waals surface area (Å²) in [6, 6.07) is 0. The molecule has 3 rings (SSSR count). The molecule has 0 atom stereocenters. The van der Waals surface area contributed by atoms with Crippen LogP contribution in [0.5, 0.6) is 0 Å². The van der Waals surface area contributed by atoms with Gasteiger partial charge in [-0.15, -0.1) is 0 Å². The zero-order valence-electron chi connectivity index (χ0n) is 11.1. The van der Waals surface area contributed by atoms with E-state index in [0.29, 0.717) is 0 Å². The first-order valence-electron chi connectivity index (χ1n) is 6.97. The third-order valence-electron chi connectivity index (χ3n) is 4.48. The van der Waals surface area contributed by atoms with E-state index in [9.17, 15) is 0 Å². The minimum Gasteiger partial charge on any atom is -1.00 e. The number of nitrogens with one attached hydrogen (secondary N) is 1. The van der Waals surface area contributed by atoms with Crippen LogP contribution in [0.1, 0.15) is 57.8 Å². The Hall–Kier alpha value is 0.290. The molecule has 0 aromatic heterocycles. The number of rotatable bonds is 0. The topological polar surface area (TPSA) is 24.4 Å². The fourth-order valence-electron chi connectivity index (χ4n) is 3.62. The van der Waals surface area contributed by atoms with Crippen LogP contribution in [-0.4, -0.2) is 17.0 Å². The van der Waals surface area contributed by atoms with Crippen LogP contribution in [0.25, 0.3) is 0 Å². The van der Waals surface area contributed by atoms with E-state index in [1.807, 2.05) is 0 Å². The first-order chi connectivity index (χ1) is 8.34. The molecule has 0 unspecified atom stereocenters. The van der Waals surface area contributed by atoms with E-state index in [0.717, 1.165) is 5.17 Å². The number of hydrogen-bond donors (Lipinski definition) is 1. The second-order valence-electron chi connectivity index (χ2n) is 5.50. The third-order valence-corrected chi connectivity index (χ3v) is 5.06. The molecule has 1 fully saturated rings. The van der Waals surface area contributed by atoms with Gasteiger partial charge in [-0.2, -0.15) is 0 Å². The van der Waals surface area contributed by atoms with Crippen LogP contribution in [0.3, 0.4) is 0 Å². The van der Waals surface area contributed by atoms with Gasteiger partial charge in [-0.05, 0) is 50.4 Å². The van der Waals surface area contributed by atoms with Crippen molar-refractivity contribution in [3.63, 3.8) is 0 Å². The molecule has 3 aliphatic rings. The fraction of sp³-hybridized carbons (Fsp3) is 0.786. The zero-order valence-corrected chi connectivity index (χ0v) is 14.1. The Bertz CT molecular complexity index is 370. The number of hydrogen-bond acceptors (Lipinski definition) is 3. The molecule has 1 spiro atoms. The standard InChI is InChI=1S/C14H22N2S.HI/c1-17-13-15-12-8-4-3-7-11(12)14(16-13)9-5-2-6-10-14;/h2-10H2,1H3,(H,15,16);1H/p-1. The number of thioether (sulfide) groups is 1. The number of halogens is 1. The Balaban J connectivity index is 0.00000120. The molecule has 1 N–H and O–H groups in total. The highest BCUT2D eigenvalue weighted by molar-refractivity contribution is 8.13. The number of nitrogens with zero attached hydrogens (tertiary/aromatic N) is 1. The van der Waals surface area contributed by atoms with Crippen molar-refractivity contribution in [2.75, 3.05) is 6.26 Å². The van der Waals surface area contributed by atoms with Gasteiger partial charge in [-0.1, -0.05) is 31.0 Å². The van der Waals surface area contributed by atoms with Gasteiger partial charge >= 0.3 is 0 Å². The number of aliphatic imine (C=N–C) groups is 1. The monoisotopic (exact) mass is 377 g/mol. The van der Waals surface area contributed by atoms with E-state index in [1.54, 1.807) is 17.3 Å². The van der Waals surface area contributed by atoms with Crippen molar-refractivity contribution in [2.45, 2.75) is 63.3 Å². The van der Waals surface area contributed by atoms with E-state index in [2.05, 4.69) is 11.6 Å². The number of amidine groups is 1. The van der Waals surface area contributed by atoms with E-state index < -0.39 is 0 Å². The van der Waals surface area contributed by atoms with Gasteiger partial charge in [0.2, 0.25) is 0 Å². The molecule has 0 saturated heterocycles. The summed E-state index contributed by atoms with van der Waals surface area (Å²) in [6.07, 6.45) is 14.1. The van der Waals surface area contributed by atoms with E-state index in [4.69, 9.17) is 4.99 Å². The highest BCUT2D eigenvalue weighted by atomic mass is 127. The summed E-state index contributed by atoms with van der Waals surface area (Å²) in [6.45, 7) is 0. The summed E-state index contributed by atoms with van der Waals surface area (Å²) in [5.74, 6) is 0. The highest BCUT2D eigenvalue weighted by Gasteiger charge is 2.40. The van der Waals surface area contributed by atoms with Gasteiger partial charge in [0, 0.05) is 5.70 Å². The van der Waals surface area contributed by atoms with E-state index in [1.165, 1.54) is 63.5 Å². The van der Waals surface area contributed by atoms with Crippen molar-refractivity contribution in [3.8, 4) is 0 Å². The molecule has 2 nitrogen and oxygen atoms in total. The van der Waals surface area contributed by atoms with Gasteiger partial charge in [0.25, 0.3) is 0 Å². The van der Waals surface area contributed by atoms with E-state index >= 15 is 0 Å². The second kappa shape index (κ2) is 6.16. The molecule has 0 aromatic carbocycles. The molecule has 2 aliphatic carbocycles. The average Bonchev–Trinajstić information content (AvgIpc) is 2.40. The summed E-state index contributed by atoms with van der Waals surface area (Å²) < 4.78 is 0. The lowest BCUT2D eigenvalue weighted by Gasteiger charge is -2.42. The first kappa shape index (κ1) is 14.7. The quantitative estimate of drug-likeness (QED) is 0.633. The van der Waals surface area contributed by atoms with Crippen LogP contribution < -0.4 is 29.3 Å². The SMILES string of the molecule is CSC1=NC2(CCCCC2)C2=C(CCCC2)N1.[I-]. The Kier molecular flexibility index (Phi) is 5.03. The molecule has 0 aromatic rings. The zero-order chi connectivity index (χ0) is 11.7. The van der Waals surface area contributed by atoms with Gasteiger partial charge in [0.15, 0.2) is 5.17 Å². The summed E-state index contributed by atoms with van der Waals surface area (Å²) in [5.41, 5.74) is 3.40. The van der Waals surface area contributed by atoms with Gasteiger partial charge in [0.05, 0.1) is 5.54 Å². The molecular weight excluding hydrogens is 355 g/mol. The van der Waals surface area contributed by atoms with Crippen molar-refractivity contribution in [1.29, 1.82) is 0 Å². The van der Waals surface area contributed by atoms with Gasteiger partial charge in [-0.3, -0.25) is 4.99 Å². The van der Waals surface area contributed by atoms with Gasteiger partial charge in [-0.25, -0.2) is 0 Å². The lowest BCUT2D eigenvalue weighted by Crippen LogP contribution is -3.00. The molecule has 102 valence electrons. The molecule has 0 amide bonds. The van der Waals surface area contributed by atoms with Crippen molar-refractivity contribution in [3.05, 3.63) is 11.3 Å². The predicted molar refractivity (Wildman–Crippen MR) is 75.4 cm³/mol. The fourth-order valence-corrected chi connectivity index (χ4v) is 4.11. The maximum absolute atomic E-state index is 5.09. The molecule has 0 bridgehead atoms. The minimum absolute atomic E-state index is 0. The van der Waals surface area contributed by atoms with Crippen molar-refractivity contribution in [1.82, 2.24) is 5.32 Å². The largest absolute Gasteiger partial charge is 1.00 e. The van der Waals surface area contributed by atoms with Crippen LogP contribution in [-0.2, 0) is 0 Å². The van der Waals surface area contributed by atoms with Crippen molar-refractivity contribution < 1.29 is 24.0 Å². The maximum atomic E-state index is 5.09. The molecule has 18 heavy (non-hydrogen) atoms. The van der Waals surface area contributed by atoms with Gasteiger partial charge < -0.3 is 29.3 Å².